The van der Waals surface area contributed by atoms with Gasteiger partial charge in [-0.15, -0.1) is 0 Å². The number of fused-ring (bicyclic) bond motifs is 1. The molecular weight excluding hydrogens is 286 g/mol. The molecule has 0 fully saturated rings. The molecule has 1 aromatic carbocycles. The van der Waals surface area contributed by atoms with Gasteiger partial charge in [-0.25, -0.2) is 0 Å². The van der Waals surface area contributed by atoms with Crippen LogP contribution in [0.5, 0.6) is 5.75 Å². The molecule has 0 aliphatic carbocycles. The third-order valence-corrected chi connectivity index (χ3v) is 3.68. The topological polar surface area (TPSA) is 73.0 Å². The van der Waals surface area contributed by atoms with Crippen molar-refractivity contribution < 1.29 is 9.53 Å². The Morgan fingerprint density at radius 3 is 2.71 bits per heavy atom. The Morgan fingerprint density at radius 1 is 1.48 bits per heavy atom. The van der Waals surface area contributed by atoms with E-state index in [0.29, 0.717) is 11.3 Å². The maximum atomic E-state index is 11.5. The average molecular weight is 307 g/mol. The molecule has 3 N–H and O–H groups in total. The van der Waals surface area contributed by atoms with Gasteiger partial charge < -0.3 is 20.0 Å². The zero-order chi connectivity index (χ0) is 15.8. The molecule has 0 saturated carbocycles. The number of nitrogens with zero attached hydrogens (tertiary/aromatic N) is 1. The fourth-order valence-corrected chi connectivity index (χ4v) is 2.40. The number of amides is 1. The highest BCUT2D eigenvalue weighted by atomic mass is 32.1. The lowest BCUT2D eigenvalue weighted by molar-refractivity contribution is -0.126. The predicted octanol–water partition coefficient (Wildman–Crippen LogP) is 3.00. The lowest BCUT2D eigenvalue weighted by Gasteiger charge is -2.21. The summed E-state index contributed by atoms with van der Waals surface area (Å²) < 4.78 is 8.24. The molecule has 21 heavy (non-hydrogen) atoms. The molecule has 1 aromatic heterocycles. The van der Waals surface area contributed by atoms with E-state index in [1.165, 1.54) is 0 Å². The number of hydrogen-bond acceptors (Lipinski definition) is 3. The number of ether oxygens (including phenoxy) is 1. The summed E-state index contributed by atoms with van der Waals surface area (Å²) >= 11 is 5.38. The molecule has 0 atom stereocenters. The molecule has 0 saturated heterocycles. The minimum Gasteiger partial charge on any atom is -0.489 e. The third kappa shape index (κ3) is 3.10. The van der Waals surface area contributed by atoms with Gasteiger partial charge in [0.1, 0.15) is 11.3 Å². The zero-order valence-corrected chi connectivity index (χ0v) is 13.6. The number of aromatic amines is 1. The van der Waals surface area contributed by atoms with Crippen LogP contribution in [0.4, 0.5) is 0 Å². The highest BCUT2D eigenvalue weighted by Gasteiger charge is 2.27. The van der Waals surface area contributed by atoms with Crippen molar-refractivity contribution in [2.45, 2.75) is 40.3 Å². The summed E-state index contributed by atoms with van der Waals surface area (Å²) in [6.07, 6.45) is 0.0722. The number of para-hydroxylation sites is 1. The highest BCUT2D eigenvalue weighted by Crippen LogP contribution is 2.28. The highest BCUT2D eigenvalue weighted by molar-refractivity contribution is 7.71. The van der Waals surface area contributed by atoms with Crippen LogP contribution in [0.25, 0.3) is 11.0 Å². The van der Waals surface area contributed by atoms with Crippen LogP contribution in [0.15, 0.2) is 18.2 Å². The van der Waals surface area contributed by atoms with E-state index in [0.717, 1.165) is 16.8 Å². The van der Waals surface area contributed by atoms with Gasteiger partial charge in [0, 0.05) is 6.54 Å². The molecule has 1 amide bonds. The first-order valence-corrected chi connectivity index (χ1v) is 7.31. The number of H-pyrrole nitrogens is 1. The molecule has 1 heterocycles. The zero-order valence-electron chi connectivity index (χ0n) is 12.8. The predicted molar refractivity (Wildman–Crippen MR) is 85.9 cm³/mol. The Balaban J connectivity index is 2.54. The van der Waals surface area contributed by atoms with Gasteiger partial charge in [0.2, 0.25) is 5.91 Å². The van der Waals surface area contributed by atoms with Crippen LogP contribution < -0.4 is 10.5 Å². The second kappa shape index (κ2) is 5.52. The van der Waals surface area contributed by atoms with Gasteiger partial charge in [-0.3, -0.25) is 4.79 Å². The van der Waals surface area contributed by atoms with Crippen molar-refractivity contribution in [1.82, 2.24) is 9.55 Å². The van der Waals surface area contributed by atoms with Gasteiger partial charge in [0.25, 0.3) is 0 Å². The number of imidazole rings is 1. The smallest absolute Gasteiger partial charge is 0.224 e. The molecule has 114 valence electrons. The van der Waals surface area contributed by atoms with Crippen molar-refractivity contribution in [3.63, 3.8) is 0 Å². The minimum atomic E-state index is -0.678. The Bertz CT molecular complexity index is 728. The summed E-state index contributed by atoms with van der Waals surface area (Å²) in [4.78, 5) is 14.7. The van der Waals surface area contributed by atoms with E-state index in [2.05, 4.69) is 4.98 Å². The Kier molecular flexibility index (Phi) is 4.09. The van der Waals surface area contributed by atoms with Crippen molar-refractivity contribution in [2.75, 3.05) is 0 Å². The van der Waals surface area contributed by atoms with E-state index in [1.54, 1.807) is 0 Å². The van der Waals surface area contributed by atoms with Crippen LogP contribution >= 0.6 is 12.2 Å². The maximum Gasteiger partial charge on any atom is 0.224 e. The minimum absolute atomic E-state index is 0.0722. The Morgan fingerprint density at radius 2 is 2.14 bits per heavy atom. The van der Waals surface area contributed by atoms with E-state index in [4.69, 9.17) is 22.7 Å². The number of hydrogen-bond donors (Lipinski definition) is 2. The first-order chi connectivity index (χ1) is 9.72. The van der Waals surface area contributed by atoms with Crippen molar-refractivity contribution in [3.05, 3.63) is 23.0 Å². The fourth-order valence-electron chi connectivity index (χ4n) is 2.14. The van der Waals surface area contributed by atoms with Crippen LogP contribution in [0.3, 0.4) is 0 Å². The molecule has 2 aromatic rings. The van der Waals surface area contributed by atoms with E-state index >= 15 is 0 Å². The van der Waals surface area contributed by atoms with Gasteiger partial charge in [0.15, 0.2) is 4.77 Å². The average Bonchev–Trinajstić information content (AvgIpc) is 2.66. The maximum absolute atomic E-state index is 11.5. The fraction of sp³-hybridized carbons (Fsp3) is 0.467. The van der Waals surface area contributed by atoms with E-state index in [-0.39, 0.29) is 12.0 Å². The molecule has 0 aliphatic rings. The number of rotatable bonds is 5. The van der Waals surface area contributed by atoms with Crippen molar-refractivity contribution in [3.8, 4) is 5.75 Å². The van der Waals surface area contributed by atoms with Gasteiger partial charge in [-0.05, 0) is 52.0 Å². The Hall–Kier alpha value is -1.82. The number of aromatic nitrogens is 2. The van der Waals surface area contributed by atoms with Crippen LogP contribution in [-0.2, 0) is 11.3 Å². The quantitative estimate of drug-likeness (QED) is 0.834. The number of nitrogens with two attached hydrogens (primary N) is 1. The van der Waals surface area contributed by atoms with Crippen LogP contribution in [0, 0.1) is 10.2 Å². The molecule has 0 bridgehead atoms. The molecule has 2 rings (SSSR count). The summed E-state index contributed by atoms with van der Waals surface area (Å²) in [6.45, 7) is 7.99. The number of primary amides is 1. The normalized spacial score (nSPS) is 12.0. The van der Waals surface area contributed by atoms with E-state index in [9.17, 15) is 4.79 Å². The van der Waals surface area contributed by atoms with Crippen LogP contribution in [0.2, 0.25) is 0 Å². The molecule has 5 nitrogen and oxygen atoms in total. The second-order valence-corrected chi connectivity index (χ2v) is 6.47. The van der Waals surface area contributed by atoms with Crippen LogP contribution in [-0.4, -0.2) is 21.6 Å². The number of benzene rings is 1. The van der Waals surface area contributed by atoms with Crippen LogP contribution in [0.1, 0.15) is 27.7 Å². The van der Waals surface area contributed by atoms with Gasteiger partial charge >= 0.3 is 0 Å². The largest absolute Gasteiger partial charge is 0.489 e. The summed E-state index contributed by atoms with van der Waals surface area (Å²) in [5.41, 5.74) is 6.53. The van der Waals surface area contributed by atoms with E-state index < -0.39 is 5.41 Å². The van der Waals surface area contributed by atoms with Crippen molar-refractivity contribution >= 4 is 29.2 Å². The summed E-state index contributed by atoms with van der Waals surface area (Å²) in [5, 5.41) is 0. The number of nitrogens with one attached hydrogen (secondary N) is 1. The third-order valence-electron chi connectivity index (χ3n) is 3.36. The van der Waals surface area contributed by atoms with Gasteiger partial charge in [0.05, 0.1) is 17.0 Å². The van der Waals surface area contributed by atoms with Crippen molar-refractivity contribution in [2.24, 2.45) is 11.1 Å². The summed E-state index contributed by atoms with van der Waals surface area (Å²) in [6, 6.07) is 5.76. The van der Waals surface area contributed by atoms with E-state index in [1.807, 2.05) is 50.5 Å². The van der Waals surface area contributed by atoms with Crippen molar-refractivity contribution in [1.29, 1.82) is 0 Å². The van der Waals surface area contributed by atoms with Gasteiger partial charge in [-0.2, -0.15) is 0 Å². The monoisotopic (exact) mass is 307 g/mol. The first-order valence-electron chi connectivity index (χ1n) is 6.90. The lowest BCUT2D eigenvalue weighted by Crippen LogP contribution is -2.35. The molecule has 0 unspecified atom stereocenters. The SMILES string of the molecule is CC(C)Oc1cccc2c1[nH]c(=S)n2CC(C)(C)C(N)=O. The Labute approximate surface area is 129 Å². The standard InChI is InChI=1S/C15H21N3O2S/c1-9(2)20-11-7-5-6-10-12(11)17-14(21)18(10)8-15(3,4)13(16)19/h5-7,9H,8H2,1-4H3,(H2,16,19)(H,17,21). The first kappa shape index (κ1) is 15.6. The molecule has 0 radical (unpaired) electrons. The lowest BCUT2D eigenvalue weighted by atomic mass is 9.92. The molecule has 0 aliphatic heterocycles. The molecule has 6 heteroatoms. The molecule has 0 spiro atoms. The summed E-state index contributed by atoms with van der Waals surface area (Å²) in [7, 11) is 0. The molecular formula is C15H21N3O2S. The summed E-state index contributed by atoms with van der Waals surface area (Å²) in [5.74, 6) is 0.401. The van der Waals surface area contributed by atoms with Gasteiger partial charge in [-0.1, -0.05) is 6.07 Å². The number of carbonyl (C=O) groups is 1. The second-order valence-electron chi connectivity index (χ2n) is 6.08. The number of carbonyl (C=O) groups excluding carboxylic acids is 1.